The Labute approximate surface area is 192 Å². The van der Waals surface area contributed by atoms with Crippen molar-refractivity contribution in [3.8, 4) is 0 Å². The van der Waals surface area contributed by atoms with Gasteiger partial charge in [0.05, 0.1) is 11.3 Å². The molecular weight excluding hydrogens is 433 g/mol. The third kappa shape index (κ3) is 3.98. The average Bonchev–Trinajstić information content (AvgIpc) is 3.01. The molecule has 2 aromatic rings. The van der Waals surface area contributed by atoms with E-state index in [9.17, 15) is 9.59 Å². The van der Waals surface area contributed by atoms with Crippen molar-refractivity contribution < 1.29 is 9.59 Å². The van der Waals surface area contributed by atoms with Gasteiger partial charge >= 0.3 is 0 Å². The molecule has 2 aliphatic rings. The number of imide groups is 1. The van der Waals surface area contributed by atoms with Gasteiger partial charge in [0.2, 0.25) is 0 Å². The first-order valence-electron chi connectivity index (χ1n) is 10.3. The van der Waals surface area contributed by atoms with Crippen LogP contribution >= 0.6 is 23.2 Å². The number of amides is 2. The summed E-state index contributed by atoms with van der Waals surface area (Å²) < 4.78 is 0. The second kappa shape index (κ2) is 8.65. The molecule has 0 aliphatic carbocycles. The largest absolute Gasteiger partial charge is 0.366 e. The van der Waals surface area contributed by atoms with Crippen molar-refractivity contribution in [1.29, 1.82) is 0 Å². The zero-order chi connectivity index (χ0) is 22.3. The van der Waals surface area contributed by atoms with Crippen molar-refractivity contribution in [2.45, 2.75) is 25.8 Å². The summed E-state index contributed by atoms with van der Waals surface area (Å²) in [5.74, 6) is -0.658. The summed E-state index contributed by atoms with van der Waals surface area (Å²) in [5, 5.41) is 1.09. The van der Waals surface area contributed by atoms with Crippen molar-refractivity contribution in [2.24, 2.45) is 0 Å². The topological polar surface area (TPSA) is 43.9 Å². The van der Waals surface area contributed by atoms with Crippen LogP contribution < -0.4 is 4.90 Å². The Morgan fingerprint density at radius 2 is 1.61 bits per heavy atom. The van der Waals surface area contributed by atoms with Gasteiger partial charge in [-0.1, -0.05) is 41.4 Å². The van der Waals surface area contributed by atoms with E-state index < -0.39 is 0 Å². The van der Waals surface area contributed by atoms with Gasteiger partial charge in [-0.3, -0.25) is 9.59 Å². The van der Waals surface area contributed by atoms with Crippen molar-refractivity contribution in [2.75, 3.05) is 32.1 Å². The predicted octanol–water partition coefficient (Wildman–Crippen LogP) is 4.61. The van der Waals surface area contributed by atoms with Gasteiger partial charge < -0.3 is 9.80 Å². The number of nitrogens with zero attached hydrogens (tertiary/aromatic N) is 3. The molecule has 162 valence electrons. The smallest absolute Gasteiger partial charge is 0.282 e. The normalized spacial score (nSPS) is 18.3. The summed E-state index contributed by atoms with van der Waals surface area (Å²) in [6.45, 7) is 3.73. The summed E-state index contributed by atoms with van der Waals surface area (Å²) in [5.41, 5.74) is 2.73. The van der Waals surface area contributed by atoms with Crippen molar-refractivity contribution >= 4 is 46.3 Å². The number of piperidine rings is 1. The van der Waals surface area contributed by atoms with E-state index in [0.29, 0.717) is 38.1 Å². The first-order chi connectivity index (χ1) is 14.8. The van der Waals surface area contributed by atoms with E-state index in [-0.39, 0.29) is 17.9 Å². The standard InChI is InChI=1S/C24H25Cl2N3O2/c1-15-19(26)5-4-6-20(15)29-23(30)21(16-7-9-17(25)10-8-16)22(24(29)31)28(3)18-11-13-27(2)14-12-18/h4-10,18H,11-14H2,1-3H3. The molecule has 0 unspecified atom stereocenters. The molecule has 4 rings (SSSR count). The second-order valence-corrected chi connectivity index (χ2v) is 9.05. The highest BCUT2D eigenvalue weighted by Crippen LogP contribution is 2.38. The number of likely N-dealkylation sites (tertiary alicyclic amines) is 1. The molecule has 2 aromatic carbocycles. The molecule has 2 heterocycles. The molecule has 7 heteroatoms. The third-order valence-electron chi connectivity index (χ3n) is 6.26. The van der Waals surface area contributed by atoms with Crippen LogP contribution in [0.5, 0.6) is 0 Å². The minimum atomic E-state index is -0.340. The number of carbonyl (C=O) groups is 2. The Hall–Kier alpha value is -2.34. The molecule has 0 spiro atoms. The van der Waals surface area contributed by atoms with Gasteiger partial charge in [0, 0.05) is 23.1 Å². The molecule has 0 N–H and O–H groups in total. The quantitative estimate of drug-likeness (QED) is 0.628. The van der Waals surface area contributed by atoms with Crippen LogP contribution in [0.4, 0.5) is 5.69 Å². The number of hydrogen-bond donors (Lipinski definition) is 0. The molecule has 1 saturated heterocycles. The fraction of sp³-hybridized carbons (Fsp3) is 0.333. The first kappa shape index (κ1) is 21.9. The van der Waals surface area contributed by atoms with Crippen molar-refractivity contribution in [1.82, 2.24) is 9.80 Å². The Balaban J connectivity index is 1.81. The average molecular weight is 458 g/mol. The van der Waals surface area contributed by atoms with Crippen LogP contribution in [0.25, 0.3) is 5.57 Å². The molecule has 0 radical (unpaired) electrons. The zero-order valence-electron chi connectivity index (χ0n) is 17.9. The number of likely N-dealkylation sites (N-methyl/N-ethyl adjacent to an activating group) is 1. The lowest BCUT2D eigenvalue weighted by Crippen LogP contribution is -2.43. The van der Waals surface area contributed by atoms with Crippen LogP contribution in [0.1, 0.15) is 24.0 Å². The lowest BCUT2D eigenvalue weighted by molar-refractivity contribution is -0.120. The fourth-order valence-electron chi connectivity index (χ4n) is 4.34. The van der Waals surface area contributed by atoms with E-state index in [4.69, 9.17) is 23.2 Å². The molecule has 1 fully saturated rings. The lowest BCUT2D eigenvalue weighted by atomic mass is 10.0. The predicted molar refractivity (Wildman–Crippen MR) is 125 cm³/mol. The van der Waals surface area contributed by atoms with E-state index in [2.05, 4.69) is 11.9 Å². The molecule has 31 heavy (non-hydrogen) atoms. The summed E-state index contributed by atoms with van der Waals surface area (Å²) >= 11 is 12.4. The van der Waals surface area contributed by atoms with Crippen LogP contribution in [0.3, 0.4) is 0 Å². The Bertz CT molecular complexity index is 1060. The number of benzene rings is 2. The van der Waals surface area contributed by atoms with E-state index in [1.165, 1.54) is 4.90 Å². The molecule has 0 aromatic heterocycles. The van der Waals surface area contributed by atoms with Crippen LogP contribution in [0.15, 0.2) is 48.2 Å². The van der Waals surface area contributed by atoms with Gasteiger partial charge in [-0.25, -0.2) is 4.90 Å². The third-order valence-corrected chi connectivity index (χ3v) is 6.92. The zero-order valence-corrected chi connectivity index (χ0v) is 19.4. The summed E-state index contributed by atoms with van der Waals surface area (Å²) in [6.07, 6.45) is 1.87. The summed E-state index contributed by atoms with van der Waals surface area (Å²) in [4.78, 5) is 32.9. The van der Waals surface area contributed by atoms with E-state index in [0.717, 1.165) is 25.9 Å². The number of anilines is 1. The molecule has 2 aliphatic heterocycles. The summed E-state index contributed by atoms with van der Waals surface area (Å²) in [6, 6.07) is 12.5. The summed E-state index contributed by atoms with van der Waals surface area (Å²) in [7, 11) is 4.02. The number of hydrogen-bond acceptors (Lipinski definition) is 4. The lowest BCUT2D eigenvalue weighted by Gasteiger charge is -2.36. The number of rotatable bonds is 4. The molecule has 0 bridgehead atoms. The highest BCUT2D eigenvalue weighted by molar-refractivity contribution is 6.46. The van der Waals surface area contributed by atoms with Crippen molar-refractivity contribution in [3.05, 3.63) is 69.3 Å². The van der Waals surface area contributed by atoms with Gasteiger partial charge in [-0.05, 0) is 75.3 Å². The molecule has 5 nitrogen and oxygen atoms in total. The minimum absolute atomic E-state index is 0.186. The molecule has 0 atom stereocenters. The highest BCUT2D eigenvalue weighted by Gasteiger charge is 2.43. The van der Waals surface area contributed by atoms with Crippen LogP contribution in [-0.2, 0) is 9.59 Å². The van der Waals surface area contributed by atoms with E-state index >= 15 is 0 Å². The van der Waals surface area contributed by atoms with E-state index in [1.54, 1.807) is 42.5 Å². The SMILES string of the molecule is Cc1c(Cl)cccc1N1C(=O)C(c2ccc(Cl)cc2)=C(N(C)C2CCN(C)CC2)C1=O. The first-order valence-corrected chi connectivity index (χ1v) is 11.1. The van der Waals surface area contributed by atoms with Crippen LogP contribution in [0.2, 0.25) is 10.0 Å². The van der Waals surface area contributed by atoms with Crippen LogP contribution in [-0.4, -0.2) is 54.8 Å². The number of carbonyl (C=O) groups excluding carboxylic acids is 2. The maximum atomic E-state index is 13.7. The Kier molecular flexibility index (Phi) is 6.11. The van der Waals surface area contributed by atoms with Gasteiger partial charge in [0.15, 0.2) is 0 Å². The highest BCUT2D eigenvalue weighted by atomic mass is 35.5. The molecule has 2 amide bonds. The van der Waals surface area contributed by atoms with Crippen LogP contribution in [0, 0.1) is 6.92 Å². The molecular formula is C24H25Cl2N3O2. The maximum Gasteiger partial charge on any atom is 0.282 e. The van der Waals surface area contributed by atoms with Gasteiger partial charge in [0.25, 0.3) is 11.8 Å². The minimum Gasteiger partial charge on any atom is -0.366 e. The van der Waals surface area contributed by atoms with Gasteiger partial charge in [-0.2, -0.15) is 0 Å². The van der Waals surface area contributed by atoms with Crippen molar-refractivity contribution in [3.63, 3.8) is 0 Å². The Morgan fingerprint density at radius 1 is 0.968 bits per heavy atom. The Morgan fingerprint density at radius 3 is 2.26 bits per heavy atom. The molecule has 0 saturated carbocycles. The second-order valence-electron chi connectivity index (χ2n) is 8.21. The maximum absolute atomic E-state index is 13.7. The van der Waals surface area contributed by atoms with E-state index in [1.807, 2.05) is 18.9 Å². The monoisotopic (exact) mass is 457 g/mol. The number of halogens is 2. The van der Waals surface area contributed by atoms with Gasteiger partial charge in [0.1, 0.15) is 5.70 Å². The van der Waals surface area contributed by atoms with Gasteiger partial charge in [-0.15, -0.1) is 0 Å². The fourth-order valence-corrected chi connectivity index (χ4v) is 4.64.